The van der Waals surface area contributed by atoms with Gasteiger partial charge in [0.2, 0.25) is 0 Å². The molecule has 1 aliphatic carbocycles. The molecule has 7 rings (SSSR count). The van der Waals surface area contributed by atoms with Crippen LogP contribution in [0.5, 0.6) is 0 Å². The van der Waals surface area contributed by atoms with Gasteiger partial charge >= 0.3 is 0 Å². The second-order valence-corrected chi connectivity index (χ2v) is 9.75. The maximum atomic E-state index is 6.27. The molecule has 4 nitrogen and oxygen atoms in total. The first-order valence-corrected chi connectivity index (χ1v) is 13.0. The minimum Gasteiger partial charge on any atom is -0.456 e. The summed E-state index contributed by atoms with van der Waals surface area (Å²) in [4.78, 5) is 14.8. The van der Waals surface area contributed by atoms with Crippen LogP contribution in [0.4, 0.5) is 0 Å². The van der Waals surface area contributed by atoms with Crippen LogP contribution in [0.25, 0.3) is 61.4 Å². The van der Waals surface area contributed by atoms with E-state index in [4.69, 9.17) is 31.0 Å². The summed E-state index contributed by atoms with van der Waals surface area (Å²) < 4.78 is 6.27. The Bertz CT molecular complexity index is 1870. The first-order valence-electron chi connectivity index (χ1n) is 12.6. The van der Waals surface area contributed by atoms with Crippen LogP contribution >= 0.6 is 11.6 Å². The van der Waals surface area contributed by atoms with E-state index in [1.54, 1.807) is 0 Å². The predicted molar refractivity (Wildman–Crippen MR) is 155 cm³/mol. The molecule has 0 spiro atoms. The van der Waals surface area contributed by atoms with Crippen molar-refractivity contribution < 1.29 is 4.42 Å². The highest BCUT2D eigenvalue weighted by Gasteiger charge is 2.18. The second-order valence-electron chi connectivity index (χ2n) is 9.31. The first-order chi connectivity index (χ1) is 18.7. The van der Waals surface area contributed by atoms with E-state index in [2.05, 4.69) is 36.4 Å². The van der Waals surface area contributed by atoms with Crippen LogP contribution in [-0.2, 0) is 0 Å². The Balaban J connectivity index is 1.46. The third-order valence-corrected chi connectivity index (χ3v) is 7.09. The Morgan fingerprint density at radius 2 is 1.42 bits per heavy atom. The third kappa shape index (κ3) is 4.09. The van der Waals surface area contributed by atoms with Gasteiger partial charge in [0.05, 0.1) is 0 Å². The van der Waals surface area contributed by atoms with Gasteiger partial charge in [0.15, 0.2) is 17.5 Å². The number of nitrogens with zero attached hydrogens (tertiary/aromatic N) is 3. The van der Waals surface area contributed by atoms with E-state index in [1.807, 2.05) is 72.8 Å². The summed E-state index contributed by atoms with van der Waals surface area (Å²) in [6.45, 7) is 0. The van der Waals surface area contributed by atoms with Crippen molar-refractivity contribution >= 4 is 39.1 Å². The van der Waals surface area contributed by atoms with Crippen molar-refractivity contribution in [2.24, 2.45) is 0 Å². The van der Waals surface area contributed by atoms with Gasteiger partial charge in [-0.15, -0.1) is 0 Å². The summed E-state index contributed by atoms with van der Waals surface area (Å²) >= 11 is 6.13. The fraction of sp³-hybridized carbons (Fsp3) is 0.0606. The Labute approximate surface area is 225 Å². The molecule has 0 unspecified atom stereocenters. The van der Waals surface area contributed by atoms with E-state index in [0.717, 1.165) is 62.6 Å². The number of benzene rings is 4. The van der Waals surface area contributed by atoms with Crippen molar-refractivity contribution in [1.29, 1.82) is 0 Å². The van der Waals surface area contributed by atoms with E-state index in [-0.39, 0.29) is 0 Å². The molecule has 0 N–H and O–H groups in total. The van der Waals surface area contributed by atoms with Crippen molar-refractivity contribution in [3.05, 3.63) is 120 Å². The van der Waals surface area contributed by atoms with Gasteiger partial charge in [0.1, 0.15) is 11.2 Å². The maximum Gasteiger partial charge on any atom is 0.164 e. The second kappa shape index (κ2) is 9.40. The third-order valence-electron chi connectivity index (χ3n) is 6.83. The quantitative estimate of drug-likeness (QED) is 0.237. The Hall–Kier alpha value is -4.54. The van der Waals surface area contributed by atoms with Crippen molar-refractivity contribution in [3.8, 4) is 33.9 Å². The molecule has 0 aliphatic heterocycles. The highest BCUT2D eigenvalue weighted by Crippen LogP contribution is 2.38. The van der Waals surface area contributed by atoms with Gasteiger partial charge in [-0.2, -0.15) is 0 Å². The van der Waals surface area contributed by atoms with Gasteiger partial charge in [-0.3, -0.25) is 0 Å². The largest absolute Gasteiger partial charge is 0.456 e. The smallest absolute Gasteiger partial charge is 0.164 e. The lowest BCUT2D eigenvalue weighted by molar-refractivity contribution is 0.669. The van der Waals surface area contributed by atoms with E-state index in [1.165, 1.54) is 0 Å². The maximum absolute atomic E-state index is 6.27. The summed E-state index contributed by atoms with van der Waals surface area (Å²) in [7, 11) is 0. The van der Waals surface area contributed by atoms with Crippen LogP contribution in [0.3, 0.4) is 0 Å². The molecule has 2 heterocycles. The minimum absolute atomic E-state index is 0.624. The number of rotatable bonds is 4. The topological polar surface area (TPSA) is 51.8 Å². The zero-order chi connectivity index (χ0) is 25.5. The van der Waals surface area contributed by atoms with Gasteiger partial charge in [-0.25, -0.2) is 15.0 Å². The van der Waals surface area contributed by atoms with Gasteiger partial charge in [0, 0.05) is 32.5 Å². The molecule has 4 aromatic carbocycles. The Morgan fingerprint density at radius 1 is 0.632 bits per heavy atom. The number of allylic oxidation sites excluding steroid dienone is 4. The Morgan fingerprint density at radius 3 is 2.24 bits per heavy atom. The zero-order valence-electron chi connectivity index (χ0n) is 20.4. The van der Waals surface area contributed by atoms with E-state index < -0.39 is 0 Å². The lowest BCUT2D eigenvalue weighted by Crippen LogP contribution is -2.03. The van der Waals surface area contributed by atoms with Gasteiger partial charge in [0.25, 0.3) is 0 Å². The average molecular weight is 512 g/mol. The highest BCUT2D eigenvalue weighted by atomic mass is 35.5. The lowest BCUT2D eigenvalue weighted by Gasteiger charge is -2.11. The van der Waals surface area contributed by atoms with Crippen LogP contribution in [0.1, 0.15) is 18.7 Å². The van der Waals surface area contributed by atoms with Crippen LogP contribution in [0.2, 0.25) is 5.02 Å². The molecule has 1 aliphatic rings. The number of halogens is 1. The standard InChI is InChI=1S/C33H22ClN3O/c34-25-17-14-21(15-18-25)24-16-19-28-27(20-24)30-26(12-7-13-29(30)38-28)33-36-31(22-8-3-1-4-9-22)35-32(37-33)23-10-5-2-6-11-23/h1,3-5,7-20H,2,6H2. The van der Waals surface area contributed by atoms with Crippen molar-refractivity contribution in [2.75, 3.05) is 0 Å². The molecule has 0 radical (unpaired) electrons. The molecule has 38 heavy (non-hydrogen) atoms. The molecule has 0 bridgehead atoms. The predicted octanol–water partition coefficient (Wildman–Crippen LogP) is 9.16. The number of aromatic nitrogens is 3. The van der Waals surface area contributed by atoms with Gasteiger partial charge in [-0.05, 0) is 54.3 Å². The molecule has 0 atom stereocenters. The molecule has 0 amide bonds. The molecule has 0 saturated carbocycles. The summed E-state index contributed by atoms with van der Waals surface area (Å²) in [5.41, 5.74) is 6.68. The Kier molecular flexibility index (Phi) is 5.60. The van der Waals surface area contributed by atoms with Crippen LogP contribution in [-0.4, -0.2) is 15.0 Å². The number of hydrogen-bond acceptors (Lipinski definition) is 4. The van der Waals surface area contributed by atoms with Crippen LogP contribution in [0.15, 0.2) is 114 Å². The fourth-order valence-electron chi connectivity index (χ4n) is 4.96. The highest BCUT2D eigenvalue weighted by molar-refractivity contribution is 6.30. The molecular formula is C33H22ClN3O. The number of hydrogen-bond donors (Lipinski definition) is 0. The molecule has 0 saturated heterocycles. The van der Waals surface area contributed by atoms with Crippen LogP contribution < -0.4 is 0 Å². The van der Waals surface area contributed by atoms with E-state index >= 15 is 0 Å². The molecule has 5 heteroatoms. The summed E-state index contributed by atoms with van der Waals surface area (Å²) in [6, 6.07) is 30.2. The summed E-state index contributed by atoms with van der Waals surface area (Å²) in [5, 5.41) is 2.72. The zero-order valence-corrected chi connectivity index (χ0v) is 21.2. The average Bonchev–Trinajstić information content (AvgIpc) is 3.36. The normalized spacial score (nSPS) is 13.2. The fourth-order valence-corrected chi connectivity index (χ4v) is 5.08. The van der Waals surface area contributed by atoms with Crippen molar-refractivity contribution in [2.45, 2.75) is 12.8 Å². The molecule has 2 aromatic heterocycles. The SMILES string of the molecule is Clc1ccc(-c2ccc3oc4cccc(-c5nc(C6=CCCC=C6)nc(-c6ccccc6)n5)c4c3c2)cc1. The summed E-state index contributed by atoms with van der Waals surface area (Å²) in [6.07, 6.45) is 8.47. The van der Waals surface area contributed by atoms with E-state index in [0.29, 0.717) is 22.5 Å². The minimum atomic E-state index is 0.624. The molecule has 182 valence electrons. The molecular weight excluding hydrogens is 490 g/mol. The first kappa shape index (κ1) is 22.6. The molecule has 6 aromatic rings. The van der Waals surface area contributed by atoms with Gasteiger partial charge in [-0.1, -0.05) is 90.5 Å². The van der Waals surface area contributed by atoms with Crippen LogP contribution in [0, 0.1) is 0 Å². The van der Waals surface area contributed by atoms with Gasteiger partial charge < -0.3 is 4.42 Å². The number of fused-ring (bicyclic) bond motifs is 3. The lowest BCUT2D eigenvalue weighted by atomic mass is 10.0. The summed E-state index contributed by atoms with van der Waals surface area (Å²) in [5.74, 6) is 1.95. The van der Waals surface area contributed by atoms with Crippen molar-refractivity contribution in [3.63, 3.8) is 0 Å². The molecule has 0 fully saturated rings. The van der Waals surface area contributed by atoms with E-state index in [9.17, 15) is 0 Å². The number of furan rings is 1. The monoisotopic (exact) mass is 511 g/mol. The van der Waals surface area contributed by atoms with Crippen molar-refractivity contribution in [1.82, 2.24) is 15.0 Å².